The summed E-state index contributed by atoms with van der Waals surface area (Å²) in [7, 11) is -2.54. The van der Waals surface area contributed by atoms with Gasteiger partial charge in [-0.1, -0.05) is 12.5 Å². The van der Waals surface area contributed by atoms with Gasteiger partial charge in [-0.2, -0.15) is 4.31 Å². The van der Waals surface area contributed by atoms with Gasteiger partial charge in [0.25, 0.3) is 0 Å². The molecule has 2 fully saturated rings. The van der Waals surface area contributed by atoms with Gasteiger partial charge in [-0.15, -0.1) is 0 Å². The van der Waals surface area contributed by atoms with Crippen LogP contribution in [0.25, 0.3) is 0 Å². The highest BCUT2D eigenvalue weighted by Gasteiger charge is 2.57. The standard InChI is InChI=1S/C18H24N2O6S/c1-12(21)19-9-13-5-6-15(26-2)16(8-13)27(24,25)20-10-14-4-3-7-18(14,11-20)17(22)23/h5-6,8,14H,3-4,7,9-11H2,1-2H3,(H,19,21)(H,22,23)/t14-,18+/m0/s1. The van der Waals surface area contributed by atoms with E-state index in [1.165, 1.54) is 24.4 Å². The van der Waals surface area contributed by atoms with E-state index in [9.17, 15) is 23.1 Å². The van der Waals surface area contributed by atoms with Crippen LogP contribution in [0.1, 0.15) is 31.7 Å². The Morgan fingerprint density at radius 2 is 2.15 bits per heavy atom. The summed E-state index contributed by atoms with van der Waals surface area (Å²) < 4.78 is 33.0. The van der Waals surface area contributed by atoms with E-state index in [-0.39, 0.29) is 42.1 Å². The van der Waals surface area contributed by atoms with Crippen molar-refractivity contribution in [2.45, 2.75) is 37.6 Å². The maximum Gasteiger partial charge on any atom is 0.311 e. The first-order valence-corrected chi connectivity index (χ1v) is 10.3. The molecule has 0 aromatic heterocycles. The third-order valence-corrected chi connectivity index (χ3v) is 7.49. The first kappa shape index (κ1) is 19.6. The van der Waals surface area contributed by atoms with E-state index in [2.05, 4.69) is 5.32 Å². The van der Waals surface area contributed by atoms with Crippen LogP contribution in [-0.2, 0) is 26.2 Å². The second-order valence-corrected chi connectivity index (χ2v) is 9.15. The topological polar surface area (TPSA) is 113 Å². The van der Waals surface area contributed by atoms with Crippen molar-refractivity contribution >= 4 is 21.9 Å². The SMILES string of the molecule is COc1ccc(CNC(C)=O)cc1S(=O)(=O)N1C[C@@H]2CCC[C@@]2(C(=O)O)C1. The molecule has 1 amide bonds. The van der Waals surface area contributed by atoms with Crippen LogP contribution in [0.15, 0.2) is 23.1 Å². The van der Waals surface area contributed by atoms with Crippen molar-refractivity contribution in [2.24, 2.45) is 11.3 Å². The highest BCUT2D eigenvalue weighted by Crippen LogP contribution is 2.50. The lowest BCUT2D eigenvalue weighted by atomic mass is 9.81. The van der Waals surface area contributed by atoms with E-state index < -0.39 is 21.4 Å². The molecule has 1 aromatic carbocycles. The molecule has 9 heteroatoms. The monoisotopic (exact) mass is 396 g/mol. The zero-order valence-electron chi connectivity index (χ0n) is 15.4. The normalized spacial score (nSPS) is 25.2. The van der Waals surface area contributed by atoms with Crippen LogP contribution < -0.4 is 10.1 Å². The number of fused-ring (bicyclic) bond motifs is 1. The number of sulfonamides is 1. The molecule has 1 aliphatic heterocycles. The molecule has 0 unspecified atom stereocenters. The molecule has 1 aromatic rings. The molecule has 8 nitrogen and oxygen atoms in total. The molecule has 3 rings (SSSR count). The highest BCUT2D eigenvalue weighted by atomic mass is 32.2. The lowest BCUT2D eigenvalue weighted by Crippen LogP contribution is -2.37. The molecule has 2 aliphatic rings. The summed E-state index contributed by atoms with van der Waals surface area (Å²) in [6, 6.07) is 4.71. The van der Waals surface area contributed by atoms with Crippen molar-refractivity contribution in [3.63, 3.8) is 0 Å². The number of carboxylic acid groups (broad SMARTS) is 1. The fourth-order valence-electron chi connectivity index (χ4n) is 4.17. The quantitative estimate of drug-likeness (QED) is 0.747. The van der Waals surface area contributed by atoms with Gasteiger partial charge in [0, 0.05) is 26.6 Å². The van der Waals surface area contributed by atoms with Gasteiger partial charge >= 0.3 is 5.97 Å². The molecule has 1 saturated carbocycles. The maximum atomic E-state index is 13.3. The fourth-order valence-corrected chi connectivity index (χ4v) is 5.93. The molecule has 1 heterocycles. The number of hydrogen-bond donors (Lipinski definition) is 2. The first-order valence-electron chi connectivity index (χ1n) is 8.85. The average Bonchev–Trinajstić information content (AvgIpc) is 3.18. The minimum Gasteiger partial charge on any atom is -0.495 e. The van der Waals surface area contributed by atoms with E-state index in [1.807, 2.05) is 0 Å². The van der Waals surface area contributed by atoms with E-state index in [0.717, 1.165) is 12.8 Å². The number of benzene rings is 1. The number of nitrogens with zero attached hydrogens (tertiary/aromatic N) is 1. The van der Waals surface area contributed by atoms with Crippen LogP contribution in [0.3, 0.4) is 0 Å². The highest BCUT2D eigenvalue weighted by molar-refractivity contribution is 7.89. The Kier molecular flexibility index (Phi) is 5.18. The van der Waals surface area contributed by atoms with Crippen molar-refractivity contribution in [3.8, 4) is 5.75 Å². The second kappa shape index (κ2) is 7.12. The molecule has 0 spiro atoms. The number of hydrogen-bond acceptors (Lipinski definition) is 5. The number of amides is 1. The molecule has 27 heavy (non-hydrogen) atoms. The number of rotatable bonds is 6. The third kappa shape index (κ3) is 3.41. The Morgan fingerprint density at radius 1 is 1.41 bits per heavy atom. The van der Waals surface area contributed by atoms with Crippen molar-refractivity contribution in [1.82, 2.24) is 9.62 Å². The minimum absolute atomic E-state index is 0.00614. The van der Waals surface area contributed by atoms with Crippen LogP contribution in [0.5, 0.6) is 5.75 Å². The molecule has 0 radical (unpaired) electrons. The second-order valence-electron chi connectivity index (χ2n) is 7.24. The molecule has 1 aliphatic carbocycles. The van der Waals surface area contributed by atoms with Gasteiger partial charge in [0.2, 0.25) is 15.9 Å². The summed E-state index contributed by atoms with van der Waals surface area (Å²) in [6.07, 6.45) is 2.02. The van der Waals surface area contributed by atoms with E-state index >= 15 is 0 Å². The largest absolute Gasteiger partial charge is 0.495 e. The van der Waals surface area contributed by atoms with E-state index in [0.29, 0.717) is 12.0 Å². The molecule has 0 bridgehead atoms. The molecule has 2 N–H and O–H groups in total. The number of carbonyl (C=O) groups excluding carboxylic acids is 1. The van der Waals surface area contributed by atoms with Crippen LogP contribution in [0, 0.1) is 11.3 Å². The third-order valence-electron chi connectivity index (χ3n) is 5.65. The number of nitrogens with one attached hydrogen (secondary N) is 1. The van der Waals surface area contributed by atoms with Crippen LogP contribution in [-0.4, -0.2) is 49.9 Å². The summed E-state index contributed by atoms with van der Waals surface area (Å²) in [5.74, 6) is -1.11. The molecule has 148 valence electrons. The first-order chi connectivity index (χ1) is 12.7. The number of aliphatic carboxylic acids is 1. The van der Waals surface area contributed by atoms with Crippen molar-refractivity contribution in [2.75, 3.05) is 20.2 Å². The Bertz CT molecular complexity index is 869. The van der Waals surface area contributed by atoms with Crippen molar-refractivity contribution < 1.29 is 27.9 Å². The Balaban J connectivity index is 1.94. The van der Waals surface area contributed by atoms with Gasteiger partial charge in [-0.05, 0) is 36.5 Å². The van der Waals surface area contributed by atoms with E-state index in [4.69, 9.17) is 4.74 Å². The zero-order chi connectivity index (χ0) is 19.8. The van der Waals surface area contributed by atoms with Gasteiger partial charge in [0.1, 0.15) is 10.6 Å². The Hall–Kier alpha value is -2.13. The van der Waals surface area contributed by atoms with Crippen LogP contribution >= 0.6 is 0 Å². The predicted octanol–water partition coefficient (Wildman–Crippen LogP) is 1.21. The van der Waals surface area contributed by atoms with Gasteiger partial charge < -0.3 is 15.2 Å². The molecular weight excluding hydrogens is 372 g/mol. The maximum absolute atomic E-state index is 13.3. The van der Waals surface area contributed by atoms with Crippen molar-refractivity contribution in [1.29, 1.82) is 0 Å². The summed E-state index contributed by atoms with van der Waals surface area (Å²) in [6.45, 7) is 1.77. The Morgan fingerprint density at radius 3 is 2.74 bits per heavy atom. The van der Waals surface area contributed by atoms with Gasteiger partial charge in [0.15, 0.2) is 0 Å². The smallest absolute Gasteiger partial charge is 0.311 e. The van der Waals surface area contributed by atoms with Crippen LogP contribution in [0.2, 0.25) is 0 Å². The summed E-state index contributed by atoms with van der Waals surface area (Å²) in [5, 5.41) is 12.3. The molecule has 2 atom stereocenters. The summed E-state index contributed by atoms with van der Waals surface area (Å²) >= 11 is 0. The predicted molar refractivity (Wildman–Crippen MR) is 96.7 cm³/mol. The lowest BCUT2D eigenvalue weighted by Gasteiger charge is -2.23. The number of carboxylic acids is 1. The van der Waals surface area contributed by atoms with Crippen LogP contribution in [0.4, 0.5) is 0 Å². The van der Waals surface area contributed by atoms with Crippen molar-refractivity contribution in [3.05, 3.63) is 23.8 Å². The Labute approximate surface area is 158 Å². The van der Waals surface area contributed by atoms with Gasteiger partial charge in [-0.3, -0.25) is 9.59 Å². The lowest BCUT2D eigenvalue weighted by molar-refractivity contribution is -0.149. The van der Waals surface area contributed by atoms with Gasteiger partial charge in [-0.25, -0.2) is 8.42 Å². The average molecular weight is 396 g/mol. The number of carbonyl (C=O) groups is 2. The summed E-state index contributed by atoms with van der Waals surface area (Å²) in [5.41, 5.74) is -0.370. The molecular formula is C18H24N2O6S. The number of methoxy groups -OCH3 is 1. The zero-order valence-corrected chi connectivity index (χ0v) is 16.2. The number of ether oxygens (including phenoxy) is 1. The van der Waals surface area contributed by atoms with Gasteiger partial charge in [0.05, 0.1) is 12.5 Å². The molecule has 1 saturated heterocycles. The summed E-state index contributed by atoms with van der Waals surface area (Å²) in [4.78, 5) is 23.0. The fraction of sp³-hybridized carbons (Fsp3) is 0.556. The van der Waals surface area contributed by atoms with E-state index in [1.54, 1.807) is 12.1 Å². The minimum atomic E-state index is -3.92.